The number of nitrogens with zero attached hydrogens (tertiary/aromatic N) is 4. The fourth-order valence-corrected chi connectivity index (χ4v) is 3.46. The van der Waals surface area contributed by atoms with Gasteiger partial charge in [0.05, 0.1) is 13.5 Å². The first-order valence-corrected chi connectivity index (χ1v) is 9.93. The Labute approximate surface area is 176 Å². The summed E-state index contributed by atoms with van der Waals surface area (Å²) in [6.45, 7) is 3.44. The number of benzene rings is 1. The lowest BCUT2D eigenvalue weighted by atomic mass is 10.1. The Morgan fingerprint density at radius 2 is 1.93 bits per heavy atom. The Kier molecular flexibility index (Phi) is 7.30. The molecule has 0 spiro atoms. The van der Waals surface area contributed by atoms with Crippen LogP contribution >= 0.6 is 11.6 Å². The average Bonchev–Trinajstić information content (AvgIpc) is 2.75. The average molecular weight is 416 g/mol. The summed E-state index contributed by atoms with van der Waals surface area (Å²) in [5.41, 5.74) is 1.98. The third kappa shape index (κ3) is 5.84. The predicted molar refractivity (Wildman–Crippen MR) is 114 cm³/mol. The quantitative estimate of drug-likeness (QED) is 0.599. The van der Waals surface area contributed by atoms with E-state index in [-0.39, 0.29) is 5.91 Å². The number of amides is 1. The fourth-order valence-electron chi connectivity index (χ4n) is 3.25. The van der Waals surface area contributed by atoms with Crippen LogP contribution in [0.1, 0.15) is 11.1 Å². The minimum absolute atomic E-state index is 0.124. The molecule has 1 saturated heterocycles. The summed E-state index contributed by atoms with van der Waals surface area (Å²) in [5, 5.41) is 4.01. The summed E-state index contributed by atoms with van der Waals surface area (Å²) in [7, 11) is 3.37. The molecule has 0 saturated carbocycles. The number of rotatable bonds is 5. The molecule has 2 heterocycles. The molecule has 1 aliphatic heterocycles. The lowest BCUT2D eigenvalue weighted by molar-refractivity contribution is -0.131. The summed E-state index contributed by atoms with van der Waals surface area (Å²) in [5.74, 6) is 1.54. The maximum Gasteiger partial charge on any atom is 0.227 e. The molecule has 2 aromatic rings. The van der Waals surface area contributed by atoms with E-state index in [4.69, 9.17) is 16.3 Å². The Balaban J connectivity index is 1.48. The zero-order chi connectivity index (χ0) is 20.6. The molecule has 0 unspecified atom stereocenters. The van der Waals surface area contributed by atoms with Crippen molar-refractivity contribution >= 4 is 23.5 Å². The highest BCUT2D eigenvalue weighted by molar-refractivity contribution is 6.30. The second-order valence-electron chi connectivity index (χ2n) is 6.78. The first kappa shape index (κ1) is 20.9. The van der Waals surface area contributed by atoms with Crippen LogP contribution in [0.25, 0.3) is 0 Å². The molecule has 3 rings (SSSR count). The van der Waals surface area contributed by atoms with Crippen molar-refractivity contribution in [1.29, 1.82) is 0 Å². The van der Waals surface area contributed by atoms with Gasteiger partial charge in [-0.05, 0) is 23.3 Å². The zero-order valence-electron chi connectivity index (χ0n) is 16.8. The Morgan fingerprint density at radius 3 is 2.55 bits per heavy atom. The highest BCUT2D eigenvalue weighted by Gasteiger charge is 2.23. The minimum atomic E-state index is 0.124. The van der Waals surface area contributed by atoms with Gasteiger partial charge in [-0.25, -0.2) is 4.98 Å². The maximum atomic E-state index is 12.6. The van der Waals surface area contributed by atoms with E-state index >= 15 is 0 Å². The van der Waals surface area contributed by atoms with Crippen molar-refractivity contribution in [3.05, 3.63) is 58.7 Å². The van der Waals surface area contributed by atoms with Gasteiger partial charge in [-0.1, -0.05) is 29.8 Å². The number of pyridine rings is 1. The summed E-state index contributed by atoms with van der Waals surface area (Å²) in [4.78, 5) is 25.2. The normalized spacial score (nSPS) is 14.7. The van der Waals surface area contributed by atoms with Gasteiger partial charge in [-0.2, -0.15) is 0 Å². The van der Waals surface area contributed by atoms with Crippen LogP contribution in [-0.4, -0.2) is 67.0 Å². The number of nitrogens with one attached hydrogen (secondary N) is 1. The lowest BCUT2D eigenvalue weighted by Crippen LogP contribution is -2.53. The number of guanidine groups is 1. The number of methoxy groups -OCH3 is 1. The standard InChI is InChI=1S/C21H26ClN5O2/c1-23-21(25-15-17-6-7-19(29-2)24-14-17)27-10-8-26(9-11-27)20(28)13-16-4-3-5-18(22)12-16/h3-7,12,14H,8-11,13,15H2,1-2H3,(H,23,25). The van der Waals surface area contributed by atoms with Crippen LogP contribution in [0.15, 0.2) is 47.6 Å². The van der Waals surface area contributed by atoms with Gasteiger partial charge in [0.25, 0.3) is 0 Å². The Morgan fingerprint density at radius 1 is 1.17 bits per heavy atom. The number of aliphatic imine (C=N–C) groups is 1. The lowest BCUT2D eigenvalue weighted by Gasteiger charge is -2.36. The number of carbonyl (C=O) groups excluding carboxylic acids is 1. The molecule has 7 nitrogen and oxygen atoms in total. The second kappa shape index (κ2) is 10.1. The van der Waals surface area contributed by atoms with E-state index in [1.54, 1.807) is 20.4 Å². The van der Waals surface area contributed by atoms with E-state index in [1.807, 2.05) is 41.3 Å². The molecular weight excluding hydrogens is 390 g/mol. The van der Waals surface area contributed by atoms with Crippen molar-refractivity contribution in [1.82, 2.24) is 20.1 Å². The minimum Gasteiger partial charge on any atom is -0.481 e. The molecule has 1 aromatic carbocycles. The van der Waals surface area contributed by atoms with Gasteiger partial charge >= 0.3 is 0 Å². The summed E-state index contributed by atoms with van der Waals surface area (Å²) in [6, 6.07) is 11.3. The van der Waals surface area contributed by atoms with Crippen LogP contribution in [0.2, 0.25) is 5.02 Å². The van der Waals surface area contributed by atoms with Crippen molar-refractivity contribution in [3.63, 3.8) is 0 Å². The van der Waals surface area contributed by atoms with E-state index < -0.39 is 0 Å². The van der Waals surface area contributed by atoms with Crippen molar-refractivity contribution < 1.29 is 9.53 Å². The number of aromatic nitrogens is 1. The summed E-state index contributed by atoms with van der Waals surface area (Å²) >= 11 is 6.01. The molecule has 154 valence electrons. The molecule has 1 N–H and O–H groups in total. The number of carbonyl (C=O) groups is 1. The van der Waals surface area contributed by atoms with Gasteiger partial charge in [0.2, 0.25) is 11.8 Å². The van der Waals surface area contributed by atoms with Crippen LogP contribution in [-0.2, 0) is 17.8 Å². The third-order valence-corrected chi connectivity index (χ3v) is 5.08. The van der Waals surface area contributed by atoms with Crippen molar-refractivity contribution in [2.45, 2.75) is 13.0 Å². The molecule has 1 aliphatic rings. The topological polar surface area (TPSA) is 70.1 Å². The highest BCUT2D eigenvalue weighted by Crippen LogP contribution is 2.13. The number of hydrogen-bond acceptors (Lipinski definition) is 4. The van der Waals surface area contributed by atoms with E-state index in [2.05, 4.69) is 20.2 Å². The SMILES string of the molecule is CN=C(NCc1ccc(OC)nc1)N1CCN(C(=O)Cc2cccc(Cl)c2)CC1. The summed E-state index contributed by atoms with van der Waals surface area (Å²) in [6.07, 6.45) is 2.16. The van der Waals surface area contributed by atoms with Crippen molar-refractivity contribution in [3.8, 4) is 5.88 Å². The molecule has 0 atom stereocenters. The molecule has 1 fully saturated rings. The first-order valence-electron chi connectivity index (χ1n) is 9.56. The largest absolute Gasteiger partial charge is 0.481 e. The van der Waals surface area contributed by atoms with Gasteiger partial charge in [0.1, 0.15) is 0 Å². The highest BCUT2D eigenvalue weighted by atomic mass is 35.5. The van der Waals surface area contributed by atoms with E-state index in [0.29, 0.717) is 37.0 Å². The van der Waals surface area contributed by atoms with E-state index in [0.717, 1.165) is 30.2 Å². The first-order chi connectivity index (χ1) is 14.1. The summed E-state index contributed by atoms with van der Waals surface area (Å²) < 4.78 is 5.08. The molecule has 29 heavy (non-hydrogen) atoms. The Hall–Kier alpha value is -2.80. The maximum absolute atomic E-state index is 12.6. The molecule has 1 aromatic heterocycles. The zero-order valence-corrected chi connectivity index (χ0v) is 17.5. The smallest absolute Gasteiger partial charge is 0.227 e. The van der Waals surface area contributed by atoms with Gasteiger partial charge < -0.3 is 19.9 Å². The van der Waals surface area contributed by atoms with E-state index in [1.165, 1.54) is 0 Å². The molecule has 0 bridgehead atoms. The van der Waals surface area contributed by atoms with Gasteiger partial charge in [0.15, 0.2) is 5.96 Å². The van der Waals surface area contributed by atoms with Gasteiger partial charge in [-0.3, -0.25) is 9.79 Å². The third-order valence-electron chi connectivity index (χ3n) is 4.85. The number of ether oxygens (including phenoxy) is 1. The van der Waals surface area contributed by atoms with Crippen LogP contribution < -0.4 is 10.1 Å². The number of hydrogen-bond donors (Lipinski definition) is 1. The monoisotopic (exact) mass is 415 g/mol. The fraction of sp³-hybridized carbons (Fsp3) is 0.381. The van der Waals surface area contributed by atoms with Crippen LogP contribution in [0.4, 0.5) is 0 Å². The van der Waals surface area contributed by atoms with Crippen LogP contribution in [0, 0.1) is 0 Å². The molecule has 1 amide bonds. The molecule has 8 heteroatoms. The molecular formula is C21H26ClN5O2. The van der Waals surface area contributed by atoms with Crippen LogP contribution in [0.3, 0.4) is 0 Å². The van der Waals surface area contributed by atoms with Crippen LogP contribution in [0.5, 0.6) is 5.88 Å². The van der Waals surface area contributed by atoms with Crippen molar-refractivity contribution in [2.75, 3.05) is 40.3 Å². The number of piperazine rings is 1. The van der Waals surface area contributed by atoms with E-state index in [9.17, 15) is 4.79 Å². The molecule has 0 aliphatic carbocycles. The van der Waals surface area contributed by atoms with Gasteiger partial charge in [-0.15, -0.1) is 0 Å². The van der Waals surface area contributed by atoms with Crippen molar-refractivity contribution in [2.24, 2.45) is 4.99 Å². The Bertz CT molecular complexity index is 848. The molecule has 0 radical (unpaired) electrons. The number of halogens is 1. The predicted octanol–water partition coefficient (Wildman–Crippen LogP) is 2.21. The van der Waals surface area contributed by atoms with Gasteiger partial charge in [0, 0.05) is 57.1 Å². The second-order valence-corrected chi connectivity index (χ2v) is 7.22.